The van der Waals surface area contributed by atoms with Gasteiger partial charge in [-0.2, -0.15) is 10.2 Å². The molecule has 1 aromatic carbocycles. The highest BCUT2D eigenvalue weighted by atomic mass is 19.3. The van der Waals surface area contributed by atoms with Crippen LogP contribution in [0, 0.1) is 0 Å². The lowest BCUT2D eigenvalue weighted by atomic mass is 10.1. The van der Waals surface area contributed by atoms with E-state index in [1.165, 1.54) is 24.0 Å². The molecule has 9 nitrogen and oxygen atoms in total. The standard InChI is InChI=1S/C20H17F2N7O2/c1-23-20(31)16-14(10-28(2)27-16)26-19(30)12-9-24-29-15(17(21)22)8-13(25-18(12)29)11-6-4-3-5-7-11/h3-10,17H,1-2H3,(H,23,31)(H,26,30). The van der Waals surface area contributed by atoms with Crippen molar-refractivity contribution in [2.75, 3.05) is 12.4 Å². The molecule has 3 aromatic heterocycles. The van der Waals surface area contributed by atoms with E-state index < -0.39 is 23.9 Å². The molecule has 31 heavy (non-hydrogen) atoms. The quantitative estimate of drug-likeness (QED) is 0.511. The van der Waals surface area contributed by atoms with Gasteiger partial charge in [0.05, 0.1) is 17.6 Å². The first-order valence-electron chi connectivity index (χ1n) is 9.18. The Kier molecular flexibility index (Phi) is 5.15. The second-order valence-corrected chi connectivity index (χ2v) is 6.62. The number of carbonyl (C=O) groups excluding carboxylic acids is 2. The molecule has 0 unspecified atom stereocenters. The minimum Gasteiger partial charge on any atom is -0.354 e. The van der Waals surface area contributed by atoms with E-state index in [0.29, 0.717) is 5.56 Å². The molecule has 0 saturated heterocycles. The van der Waals surface area contributed by atoms with Crippen molar-refractivity contribution < 1.29 is 18.4 Å². The van der Waals surface area contributed by atoms with Crippen LogP contribution in [0.1, 0.15) is 33.0 Å². The first-order valence-corrected chi connectivity index (χ1v) is 9.18. The summed E-state index contributed by atoms with van der Waals surface area (Å²) in [5.74, 6) is -1.15. The Bertz CT molecular complexity index is 1280. The van der Waals surface area contributed by atoms with Crippen molar-refractivity contribution in [2.24, 2.45) is 7.05 Å². The van der Waals surface area contributed by atoms with Crippen LogP contribution >= 0.6 is 0 Å². The van der Waals surface area contributed by atoms with Gasteiger partial charge in [0, 0.05) is 25.9 Å². The van der Waals surface area contributed by atoms with Gasteiger partial charge in [-0.25, -0.2) is 18.3 Å². The number of fused-ring (bicyclic) bond motifs is 1. The van der Waals surface area contributed by atoms with E-state index >= 15 is 0 Å². The van der Waals surface area contributed by atoms with Crippen molar-refractivity contribution in [1.29, 1.82) is 0 Å². The lowest BCUT2D eigenvalue weighted by Gasteiger charge is -2.09. The summed E-state index contributed by atoms with van der Waals surface area (Å²) >= 11 is 0. The van der Waals surface area contributed by atoms with Crippen molar-refractivity contribution in [1.82, 2.24) is 29.7 Å². The zero-order valence-corrected chi connectivity index (χ0v) is 16.5. The number of halogens is 2. The van der Waals surface area contributed by atoms with Gasteiger partial charge in [0.15, 0.2) is 11.3 Å². The molecule has 3 heterocycles. The molecule has 0 radical (unpaired) electrons. The molecule has 0 atom stereocenters. The lowest BCUT2D eigenvalue weighted by Crippen LogP contribution is -2.21. The highest BCUT2D eigenvalue weighted by Gasteiger charge is 2.23. The molecule has 4 aromatic rings. The van der Waals surface area contributed by atoms with E-state index in [0.717, 1.165) is 10.7 Å². The maximum absolute atomic E-state index is 13.7. The van der Waals surface area contributed by atoms with E-state index in [4.69, 9.17) is 0 Å². The molecule has 4 rings (SSSR count). The van der Waals surface area contributed by atoms with E-state index in [1.54, 1.807) is 37.4 Å². The number of nitrogens with one attached hydrogen (secondary N) is 2. The summed E-state index contributed by atoms with van der Waals surface area (Å²) in [6.07, 6.45) is -0.211. The van der Waals surface area contributed by atoms with Crippen LogP contribution in [0.2, 0.25) is 0 Å². The molecule has 158 valence electrons. The molecule has 2 N–H and O–H groups in total. The Morgan fingerprint density at radius 1 is 1.13 bits per heavy atom. The number of aryl methyl sites for hydroxylation is 1. The van der Waals surface area contributed by atoms with Crippen LogP contribution in [-0.2, 0) is 7.05 Å². The number of aromatic nitrogens is 5. The summed E-state index contributed by atoms with van der Waals surface area (Å²) in [5, 5.41) is 13.0. The van der Waals surface area contributed by atoms with Gasteiger partial charge < -0.3 is 10.6 Å². The largest absolute Gasteiger partial charge is 0.354 e. The topological polar surface area (TPSA) is 106 Å². The number of hydrogen-bond acceptors (Lipinski definition) is 5. The van der Waals surface area contributed by atoms with Gasteiger partial charge in [0.25, 0.3) is 18.2 Å². The maximum atomic E-state index is 13.7. The van der Waals surface area contributed by atoms with Gasteiger partial charge in [-0.3, -0.25) is 14.3 Å². The van der Waals surface area contributed by atoms with Gasteiger partial charge >= 0.3 is 0 Å². The second-order valence-electron chi connectivity index (χ2n) is 6.62. The summed E-state index contributed by atoms with van der Waals surface area (Å²) in [6, 6.07) is 10.0. The summed E-state index contributed by atoms with van der Waals surface area (Å²) < 4.78 is 29.7. The summed E-state index contributed by atoms with van der Waals surface area (Å²) in [5.41, 5.74) is 0.640. The second kappa shape index (κ2) is 7.94. The Morgan fingerprint density at radius 3 is 2.55 bits per heavy atom. The van der Waals surface area contributed by atoms with Crippen molar-refractivity contribution in [3.05, 3.63) is 65.7 Å². The number of rotatable bonds is 5. The molecule has 0 spiro atoms. The number of amides is 2. The Balaban J connectivity index is 1.79. The fourth-order valence-corrected chi connectivity index (χ4v) is 3.11. The number of alkyl halides is 2. The van der Waals surface area contributed by atoms with Crippen LogP contribution in [0.3, 0.4) is 0 Å². The minimum absolute atomic E-state index is 0.0148. The van der Waals surface area contributed by atoms with E-state index in [-0.39, 0.29) is 28.3 Å². The Labute approximate surface area is 174 Å². The predicted molar refractivity (Wildman–Crippen MR) is 108 cm³/mol. The third kappa shape index (κ3) is 3.72. The zero-order chi connectivity index (χ0) is 22.1. The average Bonchev–Trinajstić information content (AvgIpc) is 3.36. The van der Waals surface area contributed by atoms with E-state index in [1.807, 2.05) is 0 Å². The number of carbonyl (C=O) groups is 2. The molecule has 0 aliphatic heterocycles. The molecule has 0 bridgehead atoms. The average molecular weight is 425 g/mol. The Morgan fingerprint density at radius 2 is 1.87 bits per heavy atom. The van der Waals surface area contributed by atoms with Crippen molar-refractivity contribution in [2.45, 2.75) is 6.43 Å². The van der Waals surface area contributed by atoms with Gasteiger partial charge in [0.2, 0.25) is 0 Å². The molecule has 2 amide bonds. The third-order valence-corrected chi connectivity index (χ3v) is 4.56. The number of hydrogen-bond donors (Lipinski definition) is 2. The molecule has 0 fully saturated rings. The van der Waals surface area contributed by atoms with Gasteiger partial charge in [0.1, 0.15) is 11.3 Å². The van der Waals surface area contributed by atoms with Crippen LogP contribution < -0.4 is 10.6 Å². The van der Waals surface area contributed by atoms with Crippen LogP contribution in [0.25, 0.3) is 16.9 Å². The lowest BCUT2D eigenvalue weighted by molar-refractivity contribution is 0.0958. The highest BCUT2D eigenvalue weighted by Crippen LogP contribution is 2.27. The fourth-order valence-electron chi connectivity index (χ4n) is 3.11. The third-order valence-electron chi connectivity index (χ3n) is 4.56. The molecular weight excluding hydrogens is 408 g/mol. The summed E-state index contributed by atoms with van der Waals surface area (Å²) in [7, 11) is 3.04. The zero-order valence-electron chi connectivity index (χ0n) is 16.5. The van der Waals surface area contributed by atoms with Gasteiger partial charge in [-0.15, -0.1) is 0 Å². The smallest absolute Gasteiger partial charge is 0.280 e. The van der Waals surface area contributed by atoms with E-state index in [9.17, 15) is 18.4 Å². The van der Waals surface area contributed by atoms with Crippen LogP contribution in [0.4, 0.5) is 14.5 Å². The maximum Gasteiger partial charge on any atom is 0.280 e. The number of benzene rings is 1. The molecule has 11 heteroatoms. The number of nitrogens with zero attached hydrogens (tertiary/aromatic N) is 5. The van der Waals surface area contributed by atoms with Gasteiger partial charge in [-0.05, 0) is 6.07 Å². The fraction of sp³-hybridized carbons (Fsp3) is 0.150. The molecule has 0 aliphatic rings. The first-order chi connectivity index (χ1) is 14.9. The van der Waals surface area contributed by atoms with E-state index in [2.05, 4.69) is 25.8 Å². The highest BCUT2D eigenvalue weighted by molar-refractivity contribution is 6.11. The van der Waals surface area contributed by atoms with Crippen molar-refractivity contribution in [3.63, 3.8) is 0 Å². The predicted octanol–water partition coefficient (Wildman–Crippen LogP) is 2.68. The minimum atomic E-state index is -2.83. The van der Waals surface area contributed by atoms with Crippen molar-refractivity contribution >= 4 is 23.1 Å². The molecule has 0 saturated carbocycles. The van der Waals surface area contributed by atoms with Crippen LogP contribution in [-0.4, -0.2) is 43.2 Å². The van der Waals surface area contributed by atoms with Crippen LogP contribution in [0.15, 0.2) is 48.8 Å². The SMILES string of the molecule is CNC(=O)c1nn(C)cc1NC(=O)c1cnn2c(C(F)F)cc(-c3ccccc3)nc12. The monoisotopic (exact) mass is 425 g/mol. The summed E-state index contributed by atoms with van der Waals surface area (Å²) in [4.78, 5) is 29.3. The molecule has 0 aliphatic carbocycles. The van der Waals surface area contributed by atoms with Crippen LogP contribution in [0.5, 0.6) is 0 Å². The Hall–Kier alpha value is -4.15. The normalized spacial score (nSPS) is 11.1. The van der Waals surface area contributed by atoms with Gasteiger partial charge in [-0.1, -0.05) is 30.3 Å². The number of anilines is 1. The summed E-state index contributed by atoms with van der Waals surface area (Å²) in [6.45, 7) is 0. The molecular formula is C20H17F2N7O2. The first kappa shape index (κ1) is 20.1. The van der Waals surface area contributed by atoms with Crippen molar-refractivity contribution in [3.8, 4) is 11.3 Å².